The van der Waals surface area contributed by atoms with Gasteiger partial charge in [0.2, 0.25) is 10.0 Å². The van der Waals surface area contributed by atoms with E-state index >= 15 is 0 Å². The Kier molecular flexibility index (Phi) is 5.71. The Hall–Kier alpha value is -0.620. The van der Waals surface area contributed by atoms with E-state index in [1.165, 1.54) is 0 Å². The molecule has 84 valence electrons. The molecule has 0 aromatic heterocycles. The van der Waals surface area contributed by atoms with Crippen molar-refractivity contribution in [3.8, 4) is 0 Å². The van der Waals surface area contributed by atoms with Crippen molar-refractivity contribution in [1.82, 2.24) is 4.72 Å². The van der Waals surface area contributed by atoms with E-state index < -0.39 is 22.0 Å². The first-order valence-electron chi connectivity index (χ1n) is 4.65. The molecular formula is C8H17NO4S. The highest BCUT2D eigenvalue weighted by Gasteiger charge is 2.21. The topological polar surface area (TPSA) is 83.5 Å². The van der Waals surface area contributed by atoms with Crippen molar-refractivity contribution in [2.75, 3.05) is 5.75 Å². The van der Waals surface area contributed by atoms with E-state index in [1.54, 1.807) is 6.92 Å². The third-order valence-corrected chi connectivity index (χ3v) is 3.26. The molecule has 0 fully saturated rings. The summed E-state index contributed by atoms with van der Waals surface area (Å²) >= 11 is 0. The Morgan fingerprint density at radius 1 is 1.43 bits per heavy atom. The number of nitrogens with one attached hydrogen (secondary N) is 1. The molecule has 1 atom stereocenters. The summed E-state index contributed by atoms with van der Waals surface area (Å²) in [6.45, 7) is 3.51. The Morgan fingerprint density at radius 2 is 2.00 bits per heavy atom. The maximum atomic E-state index is 11.3. The Morgan fingerprint density at radius 3 is 2.36 bits per heavy atom. The average Bonchev–Trinajstić information content (AvgIpc) is 2.10. The first-order chi connectivity index (χ1) is 6.43. The molecule has 6 heteroatoms. The minimum absolute atomic E-state index is 0.00667. The highest BCUT2D eigenvalue weighted by molar-refractivity contribution is 7.89. The van der Waals surface area contributed by atoms with Gasteiger partial charge in [-0.2, -0.15) is 0 Å². The molecule has 1 unspecified atom stereocenters. The largest absolute Gasteiger partial charge is 0.480 e. The van der Waals surface area contributed by atoms with Crippen LogP contribution in [0.4, 0.5) is 0 Å². The van der Waals surface area contributed by atoms with E-state index in [2.05, 4.69) is 4.72 Å². The minimum atomic E-state index is -3.43. The van der Waals surface area contributed by atoms with Crippen molar-refractivity contribution >= 4 is 16.0 Å². The number of sulfonamides is 1. The molecule has 0 aliphatic heterocycles. The SMILES string of the molecule is CCCCS(=O)(=O)NC(CC)C(=O)O. The molecular weight excluding hydrogens is 206 g/mol. The zero-order valence-corrected chi connectivity index (χ0v) is 9.30. The number of hydrogen-bond donors (Lipinski definition) is 2. The molecule has 0 saturated carbocycles. The molecule has 2 N–H and O–H groups in total. The molecule has 0 radical (unpaired) electrons. The zero-order valence-electron chi connectivity index (χ0n) is 8.49. The van der Waals surface area contributed by atoms with Crippen LogP contribution in [-0.2, 0) is 14.8 Å². The van der Waals surface area contributed by atoms with Crippen LogP contribution in [0.1, 0.15) is 33.1 Å². The minimum Gasteiger partial charge on any atom is -0.480 e. The summed E-state index contributed by atoms with van der Waals surface area (Å²) in [7, 11) is -3.43. The second kappa shape index (κ2) is 5.98. The number of rotatable bonds is 7. The third kappa shape index (κ3) is 5.18. The first-order valence-corrected chi connectivity index (χ1v) is 6.31. The van der Waals surface area contributed by atoms with Crippen LogP contribution in [-0.4, -0.2) is 31.3 Å². The number of carboxylic acids is 1. The van der Waals surface area contributed by atoms with Gasteiger partial charge in [0, 0.05) is 0 Å². The van der Waals surface area contributed by atoms with Gasteiger partial charge in [-0.25, -0.2) is 13.1 Å². The third-order valence-electron chi connectivity index (χ3n) is 1.79. The lowest BCUT2D eigenvalue weighted by atomic mass is 10.2. The Labute approximate surface area is 84.6 Å². The molecule has 5 nitrogen and oxygen atoms in total. The fraction of sp³-hybridized carbons (Fsp3) is 0.875. The van der Waals surface area contributed by atoms with Gasteiger partial charge in [-0.05, 0) is 12.8 Å². The molecule has 0 aromatic rings. The van der Waals surface area contributed by atoms with Crippen molar-refractivity contribution in [3.05, 3.63) is 0 Å². The summed E-state index contributed by atoms with van der Waals surface area (Å²) in [5.74, 6) is -1.14. The van der Waals surface area contributed by atoms with Crippen LogP contribution in [0.5, 0.6) is 0 Å². The van der Waals surface area contributed by atoms with Gasteiger partial charge < -0.3 is 5.11 Å². The molecule has 0 aliphatic carbocycles. The number of carboxylic acid groups (broad SMARTS) is 1. The summed E-state index contributed by atoms with van der Waals surface area (Å²) in [4.78, 5) is 10.6. The summed E-state index contributed by atoms with van der Waals surface area (Å²) in [5, 5.41) is 8.64. The molecule has 14 heavy (non-hydrogen) atoms. The van der Waals surface area contributed by atoms with Crippen LogP contribution in [0.25, 0.3) is 0 Å². The van der Waals surface area contributed by atoms with Gasteiger partial charge in [0.05, 0.1) is 5.75 Å². The number of carbonyl (C=O) groups is 1. The lowest BCUT2D eigenvalue weighted by Gasteiger charge is -2.12. The van der Waals surface area contributed by atoms with E-state index in [0.29, 0.717) is 6.42 Å². The predicted octanol–water partition coefficient (Wildman–Crippen LogP) is 0.569. The van der Waals surface area contributed by atoms with E-state index in [1.807, 2.05) is 6.92 Å². The van der Waals surface area contributed by atoms with Crippen LogP contribution in [0.3, 0.4) is 0 Å². The second-order valence-corrected chi connectivity index (χ2v) is 4.96. The molecule has 0 spiro atoms. The van der Waals surface area contributed by atoms with Crippen LogP contribution >= 0.6 is 0 Å². The summed E-state index contributed by atoms with van der Waals surface area (Å²) in [5.41, 5.74) is 0. The highest BCUT2D eigenvalue weighted by atomic mass is 32.2. The monoisotopic (exact) mass is 223 g/mol. The second-order valence-electron chi connectivity index (χ2n) is 3.09. The van der Waals surface area contributed by atoms with Gasteiger partial charge >= 0.3 is 5.97 Å². The standard InChI is InChI=1S/C8H17NO4S/c1-3-5-6-14(12,13)9-7(4-2)8(10)11/h7,9H,3-6H2,1-2H3,(H,10,11). The maximum absolute atomic E-state index is 11.3. The van der Waals surface area contributed by atoms with E-state index in [9.17, 15) is 13.2 Å². The highest BCUT2D eigenvalue weighted by Crippen LogP contribution is 1.98. The summed E-state index contributed by atoms with van der Waals surface area (Å²) in [6, 6.07) is -1.00. The van der Waals surface area contributed by atoms with Gasteiger partial charge in [0.1, 0.15) is 6.04 Å². The van der Waals surface area contributed by atoms with Crippen LogP contribution in [0.15, 0.2) is 0 Å². The van der Waals surface area contributed by atoms with Gasteiger partial charge in [0.15, 0.2) is 0 Å². The zero-order chi connectivity index (χ0) is 11.2. The molecule has 0 aromatic carbocycles. The van der Waals surface area contributed by atoms with Crippen molar-refractivity contribution in [1.29, 1.82) is 0 Å². The predicted molar refractivity (Wildman–Crippen MR) is 53.5 cm³/mol. The molecule has 0 bridgehead atoms. The van der Waals surface area contributed by atoms with Crippen molar-refractivity contribution < 1.29 is 18.3 Å². The van der Waals surface area contributed by atoms with E-state index in [-0.39, 0.29) is 12.2 Å². The Balaban J connectivity index is 4.26. The van der Waals surface area contributed by atoms with Crippen molar-refractivity contribution in [2.45, 2.75) is 39.2 Å². The lowest BCUT2D eigenvalue weighted by molar-refractivity contribution is -0.139. The smallest absolute Gasteiger partial charge is 0.321 e. The fourth-order valence-corrected chi connectivity index (χ4v) is 2.41. The van der Waals surface area contributed by atoms with Crippen LogP contribution in [0, 0.1) is 0 Å². The maximum Gasteiger partial charge on any atom is 0.321 e. The molecule has 0 amide bonds. The fourth-order valence-electron chi connectivity index (χ4n) is 0.918. The molecule has 0 rings (SSSR count). The van der Waals surface area contributed by atoms with Crippen LogP contribution in [0.2, 0.25) is 0 Å². The Bertz CT molecular complexity index is 273. The number of hydrogen-bond acceptors (Lipinski definition) is 3. The molecule has 0 aliphatic rings. The molecule has 0 heterocycles. The molecule has 0 saturated heterocycles. The number of unbranched alkanes of at least 4 members (excludes halogenated alkanes) is 1. The van der Waals surface area contributed by atoms with E-state index in [4.69, 9.17) is 5.11 Å². The van der Waals surface area contributed by atoms with Crippen LogP contribution < -0.4 is 4.72 Å². The van der Waals surface area contributed by atoms with Crippen molar-refractivity contribution in [3.63, 3.8) is 0 Å². The van der Waals surface area contributed by atoms with E-state index in [0.717, 1.165) is 6.42 Å². The summed E-state index contributed by atoms with van der Waals surface area (Å²) < 4.78 is 24.7. The van der Waals surface area contributed by atoms with Gasteiger partial charge in [-0.1, -0.05) is 20.3 Å². The average molecular weight is 223 g/mol. The number of aliphatic carboxylic acids is 1. The summed E-state index contributed by atoms with van der Waals surface area (Å²) in [6.07, 6.45) is 1.57. The van der Waals surface area contributed by atoms with Gasteiger partial charge in [0.25, 0.3) is 0 Å². The van der Waals surface area contributed by atoms with Gasteiger partial charge in [-0.15, -0.1) is 0 Å². The first kappa shape index (κ1) is 13.4. The quantitative estimate of drug-likeness (QED) is 0.661. The lowest BCUT2D eigenvalue weighted by Crippen LogP contribution is -2.41. The van der Waals surface area contributed by atoms with Crippen molar-refractivity contribution in [2.24, 2.45) is 0 Å². The normalized spacial score (nSPS) is 13.9. The van der Waals surface area contributed by atoms with Gasteiger partial charge in [-0.3, -0.25) is 4.79 Å².